The van der Waals surface area contributed by atoms with Crippen molar-refractivity contribution < 1.29 is 13.6 Å². The molecule has 0 aliphatic carbocycles. The number of nitrogens with zero attached hydrogens (tertiary/aromatic N) is 6. The van der Waals surface area contributed by atoms with Crippen molar-refractivity contribution in [3.63, 3.8) is 0 Å². The lowest BCUT2D eigenvalue weighted by atomic mass is 10.3. The third kappa shape index (κ3) is 3.75. The van der Waals surface area contributed by atoms with Gasteiger partial charge >= 0.3 is 6.03 Å². The van der Waals surface area contributed by atoms with Gasteiger partial charge in [0, 0.05) is 44.6 Å². The molecule has 8 nitrogen and oxygen atoms in total. The van der Waals surface area contributed by atoms with Crippen LogP contribution in [0.4, 0.5) is 25.1 Å². The van der Waals surface area contributed by atoms with Gasteiger partial charge < -0.3 is 15.1 Å². The third-order valence-corrected chi connectivity index (χ3v) is 4.44. The Balaban J connectivity index is 1.34. The van der Waals surface area contributed by atoms with Crippen LogP contribution in [0, 0.1) is 11.6 Å². The van der Waals surface area contributed by atoms with E-state index in [9.17, 15) is 13.6 Å². The van der Waals surface area contributed by atoms with E-state index in [0.717, 1.165) is 12.1 Å². The number of amides is 2. The molecule has 1 saturated heterocycles. The van der Waals surface area contributed by atoms with Gasteiger partial charge in [0.2, 0.25) is 0 Å². The summed E-state index contributed by atoms with van der Waals surface area (Å²) in [4.78, 5) is 15.9. The Labute approximate surface area is 159 Å². The molecule has 1 aliphatic rings. The lowest BCUT2D eigenvalue weighted by molar-refractivity contribution is 0.208. The number of anilines is 2. The Bertz CT molecular complexity index is 955. The smallest absolute Gasteiger partial charge is 0.322 e. The van der Waals surface area contributed by atoms with E-state index in [2.05, 4.69) is 20.6 Å². The summed E-state index contributed by atoms with van der Waals surface area (Å²) in [6.07, 6.45) is 3.45. The molecule has 144 valence electrons. The molecule has 1 aromatic carbocycles. The lowest BCUT2D eigenvalue weighted by Gasteiger charge is -2.35. The van der Waals surface area contributed by atoms with Crippen LogP contribution < -0.4 is 10.2 Å². The summed E-state index contributed by atoms with van der Waals surface area (Å²) in [5.74, 6) is -0.169. The maximum absolute atomic E-state index is 13.7. The number of hydrogen-bond acceptors (Lipinski definition) is 5. The van der Waals surface area contributed by atoms with Crippen molar-refractivity contribution in [1.29, 1.82) is 0 Å². The molecule has 0 radical (unpaired) electrons. The number of halogens is 2. The van der Waals surface area contributed by atoms with Crippen LogP contribution in [-0.2, 0) is 0 Å². The summed E-state index contributed by atoms with van der Waals surface area (Å²) in [6.45, 7) is 2.01. The molecule has 1 N–H and O–H groups in total. The molecule has 3 heterocycles. The van der Waals surface area contributed by atoms with Gasteiger partial charge in [-0.05, 0) is 30.3 Å². The van der Waals surface area contributed by atoms with Crippen LogP contribution in [0.15, 0.2) is 48.8 Å². The number of piperazine rings is 1. The lowest BCUT2D eigenvalue weighted by Crippen LogP contribution is -2.50. The van der Waals surface area contributed by atoms with Gasteiger partial charge in [0.15, 0.2) is 11.6 Å². The summed E-state index contributed by atoms with van der Waals surface area (Å²) in [7, 11) is 0. The second-order valence-corrected chi connectivity index (χ2v) is 6.23. The highest BCUT2D eigenvalue weighted by atomic mass is 19.1. The molecule has 28 heavy (non-hydrogen) atoms. The minimum Gasteiger partial charge on any atom is -0.352 e. The van der Waals surface area contributed by atoms with E-state index >= 15 is 0 Å². The zero-order chi connectivity index (χ0) is 19.5. The number of rotatable bonds is 3. The van der Waals surface area contributed by atoms with Gasteiger partial charge in [0.25, 0.3) is 0 Å². The number of carbonyl (C=O) groups is 1. The molecule has 0 saturated carbocycles. The summed E-state index contributed by atoms with van der Waals surface area (Å²) >= 11 is 0. The molecule has 1 aliphatic heterocycles. The Morgan fingerprint density at radius 2 is 1.75 bits per heavy atom. The molecular formula is C18H17F2N7O. The fourth-order valence-corrected chi connectivity index (χ4v) is 2.94. The molecule has 2 amide bonds. The molecule has 0 spiro atoms. The minimum atomic E-state index is -0.806. The number of carbonyl (C=O) groups excluding carboxylic acids is 1. The van der Waals surface area contributed by atoms with Gasteiger partial charge in [0.1, 0.15) is 11.6 Å². The summed E-state index contributed by atoms with van der Waals surface area (Å²) in [5, 5.41) is 15.0. The molecule has 10 heteroatoms. The van der Waals surface area contributed by atoms with Crippen molar-refractivity contribution in [3.05, 3.63) is 60.4 Å². The van der Waals surface area contributed by atoms with Gasteiger partial charge in [-0.3, -0.25) is 0 Å². The normalized spacial score (nSPS) is 14.2. The SMILES string of the molecule is O=C(Nc1ccc(F)cc1F)N1CCN(c2ccc(-n3cccn3)nn2)CC1. The van der Waals surface area contributed by atoms with Crippen molar-refractivity contribution in [1.82, 2.24) is 24.9 Å². The molecule has 2 aromatic heterocycles. The van der Waals surface area contributed by atoms with E-state index < -0.39 is 17.7 Å². The quantitative estimate of drug-likeness (QED) is 0.748. The zero-order valence-corrected chi connectivity index (χ0v) is 14.8. The Morgan fingerprint density at radius 3 is 2.39 bits per heavy atom. The summed E-state index contributed by atoms with van der Waals surface area (Å²) in [6, 6.07) is 8.10. The Hall–Kier alpha value is -3.56. The molecular weight excluding hydrogens is 368 g/mol. The first-order valence-electron chi connectivity index (χ1n) is 8.70. The highest BCUT2D eigenvalue weighted by Gasteiger charge is 2.23. The van der Waals surface area contributed by atoms with Crippen LogP contribution in [-0.4, -0.2) is 57.1 Å². The van der Waals surface area contributed by atoms with Crippen LogP contribution >= 0.6 is 0 Å². The maximum Gasteiger partial charge on any atom is 0.322 e. The second kappa shape index (κ2) is 7.59. The highest BCUT2D eigenvalue weighted by Crippen LogP contribution is 2.17. The van der Waals surface area contributed by atoms with Crippen molar-refractivity contribution in [3.8, 4) is 5.82 Å². The molecule has 0 bridgehead atoms. The van der Waals surface area contributed by atoms with Gasteiger partial charge in [0.05, 0.1) is 5.69 Å². The standard InChI is InChI=1S/C18H17F2N7O/c19-13-2-3-15(14(20)12-13)22-18(28)26-10-8-25(9-11-26)16-4-5-17(24-23-16)27-7-1-6-21-27/h1-7,12H,8-11H2,(H,22,28). The van der Waals surface area contributed by atoms with E-state index in [4.69, 9.17) is 0 Å². The molecule has 3 aromatic rings. The summed E-state index contributed by atoms with van der Waals surface area (Å²) in [5.41, 5.74) is -0.0473. The molecule has 0 atom stereocenters. The van der Waals surface area contributed by atoms with Crippen LogP contribution in [0.5, 0.6) is 0 Å². The zero-order valence-electron chi connectivity index (χ0n) is 14.8. The summed E-state index contributed by atoms with van der Waals surface area (Å²) < 4.78 is 28.3. The molecule has 1 fully saturated rings. The van der Waals surface area contributed by atoms with E-state index in [-0.39, 0.29) is 5.69 Å². The Morgan fingerprint density at radius 1 is 1.00 bits per heavy atom. The third-order valence-electron chi connectivity index (χ3n) is 4.44. The number of nitrogens with one attached hydrogen (secondary N) is 1. The van der Waals surface area contributed by atoms with E-state index in [1.54, 1.807) is 28.0 Å². The topological polar surface area (TPSA) is 79.2 Å². The minimum absolute atomic E-state index is 0.0473. The van der Waals surface area contributed by atoms with E-state index in [0.29, 0.717) is 37.8 Å². The van der Waals surface area contributed by atoms with Crippen molar-refractivity contribution in [2.24, 2.45) is 0 Å². The number of hydrogen-bond donors (Lipinski definition) is 1. The average molecular weight is 385 g/mol. The number of aromatic nitrogens is 4. The highest BCUT2D eigenvalue weighted by molar-refractivity contribution is 5.89. The van der Waals surface area contributed by atoms with Crippen LogP contribution in [0.1, 0.15) is 0 Å². The first kappa shape index (κ1) is 17.8. The first-order valence-corrected chi connectivity index (χ1v) is 8.70. The van der Waals surface area contributed by atoms with Crippen molar-refractivity contribution >= 4 is 17.5 Å². The van der Waals surface area contributed by atoms with Gasteiger partial charge in [-0.2, -0.15) is 5.10 Å². The average Bonchev–Trinajstić information content (AvgIpc) is 3.25. The largest absolute Gasteiger partial charge is 0.352 e. The second-order valence-electron chi connectivity index (χ2n) is 6.23. The van der Waals surface area contributed by atoms with Crippen molar-refractivity contribution in [2.45, 2.75) is 0 Å². The number of benzene rings is 1. The van der Waals surface area contributed by atoms with Gasteiger partial charge in [-0.15, -0.1) is 10.2 Å². The fraction of sp³-hybridized carbons (Fsp3) is 0.222. The molecule has 4 rings (SSSR count). The van der Waals surface area contributed by atoms with E-state index in [1.165, 1.54) is 6.07 Å². The van der Waals surface area contributed by atoms with Crippen LogP contribution in [0.2, 0.25) is 0 Å². The fourth-order valence-electron chi connectivity index (χ4n) is 2.94. The van der Waals surface area contributed by atoms with Crippen LogP contribution in [0.25, 0.3) is 5.82 Å². The first-order chi connectivity index (χ1) is 13.6. The van der Waals surface area contributed by atoms with Crippen molar-refractivity contribution in [2.75, 3.05) is 36.4 Å². The van der Waals surface area contributed by atoms with Crippen LogP contribution in [0.3, 0.4) is 0 Å². The maximum atomic E-state index is 13.7. The number of urea groups is 1. The predicted molar refractivity (Wildman–Crippen MR) is 98.3 cm³/mol. The monoisotopic (exact) mass is 385 g/mol. The Kier molecular flexibility index (Phi) is 4.83. The van der Waals surface area contributed by atoms with Gasteiger partial charge in [-0.25, -0.2) is 18.3 Å². The van der Waals surface area contributed by atoms with Gasteiger partial charge in [-0.1, -0.05) is 0 Å². The molecule has 0 unspecified atom stereocenters. The van der Waals surface area contributed by atoms with E-state index in [1.807, 2.05) is 17.0 Å². The predicted octanol–water partition coefficient (Wildman–Crippen LogP) is 2.29.